The zero-order valence-electron chi connectivity index (χ0n) is 11.6. The average Bonchev–Trinajstić information content (AvgIpc) is 3.09. The lowest BCUT2D eigenvalue weighted by molar-refractivity contribution is 0.431. The number of nitrogens with zero attached hydrogens (tertiary/aromatic N) is 3. The maximum atomic E-state index is 11.5. The van der Waals surface area contributed by atoms with Gasteiger partial charge in [0.05, 0.1) is 6.26 Å². The third-order valence-corrected chi connectivity index (χ3v) is 4.67. The first-order valence-electron chi connectivity index (χ1n) is 6.63. The monoisotopic (exact) mass is 308 g/mol. The number of anilines is 1. The lowest BCUT2D eigenvalue weighted by Crippen LogP contribution is -2.30. The smallest absolute Gasteiger partial charge is 0.264 e. The molecule has 1 aliphatic heterocycles. The van der Waals surface area contributed by atoms with Crippen LogP contribution in [0.25, 0.3) is 11.5 Å². The van der Waals surface area contributed by atoms with E-state index in [1.54, 1.807) is 0 Å². The molecule has 1 fully saturated rings. The predicted molar refractivity (Wildman–Crippen MR) is 78.2 cm³/mol. The van der Waals surface area contributed by atoms with Crippen LogP contribution in [0, 0.1) is 0 Å². The second-order valence-corrected chi connectivity index (χ2v) is 7.02. The summed E-state index contributed by atoms with van der Waals surface area (Å²) in [7, 11) is -3.14. The van der Waals surface area contributed by atoms with E-state index in [0.717, 1.165) is 12.0 Å². The molecule has 0 radical (unpaired) electrons. The summed E-state index contributed by atoms with van der Waals surface area (Å²) >= 11 is 0. The van der Waals surface area contributed by atoms with Gasteiger partial charge in [-0.15, -0.1) is 0 Å². The minimum atomic E-state index is -3.14. The average molecular weight is 308 g/mol. The maximum absolute atomic E-state index is 11.5. The number of nitrogens with one attached hydrogen (secondary N) is 1. The minimum Gasteiger partial charge on any atom is -0.347 e. The molecular weight excluding hydrogens is 292 g/mol. The Morgan fingerprint density at radius 3 is 2.76 bits per heavy atom. The summed E-state index contributed by atoms with van der Waals surface area (Å²) in [6.07, 6.45) is 1.94. The molecule has 1 unspecified atom stereocenters. The first-order valence-corrected chi connectivity index (χ1v) is 8.48. The lowest BCUT2D eigenvalue weighted by Gasteiger charge is -2.13. The zero-order valence-corrected chi connectivity index (χ0v) is 12.4. The summed E-state index contributed by atoms with van der Waals surface area (Å²) in [5, 5.41) is 6.99. The standard InChI is InChI=1S/C13H16N4O3S/c1-21(18,19)17-8-7-11(9-17)14-13-15-12(20-16-13)10-5-3-2-4-6-10/h2-6,11H,7-9H2,1H3,(H,14,16). The Morgan fingerprint density at radius 2 is 2.10 bits per heavy atom. The SMILES string of the molecule is CS(=O)(=O)N1CCC(Nc2noc(-c3ccccc3)n2)C1. The largest absolute Gasteiger partial charge is 0.347 e. The Hall–Kier alpha value is -1.93. The first kappa shape index (κ1) is 14.0. The van der Waals surface area contributed by atoms with Crippen molar-refractivity contribution in [1.82, 2.24) is 14.4 Å². The van der Waals surface area contributed by atoms with E-state index in [2.05, 4.69) is 15.5 Å². The number of benzene rings is 1. The summed E-state index contributed by atoms with van der Waals surface area (Å²) in [4.78, 5) is 4.27. The van der Waals surface area contributed by atoms with E-state index in [9.17, 15) is 8.42 Å². The number of rotatable bonds is 4. The minimum absolute atomic E-state index is 0.000878. The molecule has 1 saturated heterocycles. The molecule has 2 heterocycles. The summed E-state index contributed by atoms with van der Waals surface area (Å²) in [5.74, 6) is 0.824. The molecule has 1 aliphatic rings. The van der Waals surface area contributed by atoms with E-state index in [4.69, 9.17) is 4.52 Å². The molecule has 0 amide bonds. The summed E-state index contributed by atoms with van der Waals surface area (Å²) < 4.78 is 29.6. The Morgan fingerprint density at radius 1 is 1.33 bits per heavy atom. The molecule has 3 rings (SSSR count). The van der Waals surface area contributed by atoms with Gasteiger partial charge in [-0.1, -0.05) is 18.2 Å². The van der Waals surface area contributed by atoms with Gasteiger partial charge >= 0.3 is 0 Å². The van der Waals surface area contributed by atoms with Crippen LogP contribution in [0.5, 0.6) is 0 Å². The molecule has 7 nitrogen and oxygen atoms in total. The molecule has 0 bridgehead atoms. The van der Waals surface area contributed by atoms with Crippen molar-refractivity contribution < 1.29 is 12.9 Å². The molecule has 1 aromatic carbocycles. The van der Waals surface area contributed by atoms with Gasteiger partial charge in [-0.05, 0) is 23.7 Å². The normalized spacial score (nSPS) is 19.8. The van der Waals surface area contributed by atoms with Crippen molar-refractivity contribution in [3.63, 3.8) is 0 Å². The van der Waals surface area contributed by atoms with E-state index < -0.39 is 10.0 Å². The van der Waals surface area contributed by atoms with Gasteiger partial charge in [0.1, 0.15) is 0 Å². The molecule has 8 heteroatoms. The Bertz CT molecular complexity index is 714. The van der Waals surface area contributed by atoms with E-state index in [-0.39, 0.29) is 6.04 Å². The van der Waals surface area contributed by atoms with Crippen LogP contribution in [0.1, 0.15) is 6.42 Å². The second-order valence-electron chi connectivity index (χ2n) is 5.04. The second kappa shape index (κ2) is 5.45. The quantitative estimate of drug-likeness (QED) is 0.912. The zero-order chi connectivity index (χ0) is 14.9. The highest BCUT2D eigenvalue weighted by Gasteiger charge is 2.29. The fraction of sp³-hybridized carbons (Fsp3) is 0.385. The van der Waals surface area contributed by atoms with Crippen molar-refractivity contribution in [3.05, 3.63) is 30.3 Å². The van der Waals surface area contributed by atoms with Gasteiger partial charge in [-0.2, -0.15) is 4.98 Å². The molecule has 1 atom stereocenters. The third kappa shape index (κ3) is 3.22. The summed E-state index contributed by atoms with van der Waals surface area (Å²) in [6.45, 7) is 0.938. The van der Waals surface area contributed by atoms with Crippen LogP contribution in [-0.2, 0) is 10.0 Å². The molecule has 0 aliphatic carbocycles. The van der Waals surface area contributed by atoms with Crippen LogP contribution < -0.4 is 5.32 Å². The number of sulfonamides is 1. The van der Waals surface area contributed by atoms with Crippen LogP contribution in [0.2, 0.25) is 0 Å². The molecule has 0 spiro atoms. The number of aromatic nitrogens is 2. The topological polar surface area (TPSA) is 88.3 Å². The van der Waals surface area contributed by atoms with E-state index in [1.807, 2.05) is 30.3 Å². The highest BCUT2D eigenvalue weighted by Crippen LogP contribution is 2.20. The fourth-order valence-electron chi connectivity index (χ4n) is 2.31. The van der Waals surface area contributed by atoms with Crippen molar-refractivity contribution in [3.8, 4) is 11.5 Å². The van der Waals surface area contributed by atoms with Gasteiger partial charge in [-0.25, -0.2) is 12.7 Å². The van der Waals surface area contributed by atoms with Crippen molar-refractivity contribution >= 4 is 16.0 Å². The van der Waals surface area contributed by atoms with E-state index >= 15 is 0 Å². The lowest BCUT2D eigenvalue weighted by atomic mass is 10.2. The number of hydrogen-bond donors (Lipinski definition) is 1. The number of hydrogen-bond acceptors (Lipinski definition) is 6. The predicted octanol–water partition coefficient (Wildman–Crippen LogP) is 1.18. The summed E-state index contributed by atoms with van der Waals surface area (Å²) in [6, 6.07) is 9.48. The van der Waals surface area contributed by atoms with Gasteiger partial charge in [0.25, 0.3) is 11.8 Å². The molecule has 1 N–H and O–H groups in total. The van der Waals surface area contributed by atoms with Crippen LogP contribution in [-0.4, -0.2) is 48.3 Å². The van der Waals surface area contributed by atoms with Crippen molar-refractivity contribution in [2.45, 2.75) is 12.5 Å². The van der Waals surface area contributed by atoms with Gasteiger partial charge < -0.3 is 9.84 Å². The first-order chi connectivity index (χ1) is 10.0. The van der Waals surface area contributed by atoms with E-state index in [1.165, 1.54) is 10.6 Å². The molecule has 0 saturated carbocycles. The molecular formula is C13H16N4O3S. The van der Waals surface area contributed by atoms with Gasteiger partial charge in [-0.3, -0.25) is 0 Å². The molecule has 21 heavy (non-hydrogen) atoms. The van der Waals surface area contributed by atoms with Crippen molar-refractivity contribution in [2.24, 2.45) is 0 Å². The van der Waals surface area contributed by atoms with Gasteiger partial charge in [0, 0.05) is 24.7 Å². The van der Waals surface area contributed by atoms with E-state index in [0.29, 0.717) is 24.9 Å². The van der Waals surface area contributed by atoms with Crippen molar-refractivity contribution in [1.29, 1.82) is 0 Å². The Kier molecular flexibility index (Phi) is 3.64. The van der Waals surface area contributed by atoms with Crippen LogP contribution in [0.4, 0.5) is 5.95 Å². The van der Waals surface area contributed by atoms with Crippen LogP contribution in [0.15, 0.2) is 34.9 Å². The van der Waals surface area contributed by atoms with Gasteiger partial charge in [0.15, 0.2) is 0 Å². The highest BCUT2D eigenvalue weighted by molar-refractivity contribution is 7.88. The Labute approximate surface area is 123 Å². The maximum Gasteiger partial charge on any atom is 0.264 e. The van der Waals surface area contributed by atoms with Crippen molar-refractivity contribution in [2.75, 3.05) is 24.7 Å². The summed E-state index contributed by atoms with van der Waals surface area (Å²) in [5.41, 5.74) is 0.849. The molecule has 112 valence electrons. The third-order valence-electron chi connectivity index (χ3n) is 3.40. The Balaban J connectivity index is 1.66. The highest BCUT2D eigenvalue weighted by atomic mass is 32.2. The van der Waals surface area contributed by atoms with Gasteiger partial charge in [0.2, 0.25) is 10.0 Å². The van der Waals surface area contributed by atoms with Crippen LogP contribution in [0.3, 0.4) is 0 Å². The molecule has 2 aromatic rings. The fourth-order valence-corrected chi connectivity index (χ4v) is 3.20. The molecule has 1 aromatic heterocycles. The van der Waals surface area contributed by atoms with Crippen LogP contribution >= 0.6 is 0 Å².